The number of fused-ring (bicyclic) bond motifs is 1. The molecule has 0 amide bonds. The Morgan fingerprint density at radius 2 is 1.78 bits per heavy atom. The summed E-state index contributed by atoms with van der Waals surface area (Å²) in [6.07, 6.45) is 3.87. The summed E-state index contributed by atoms with van der Waals surface area (Å²) in [7, 11) is 0. The van der Waals surface area contributed by atoms with Crippen LogP contribution in [-0.2, 0) is 6.42 Å². The molecule has 92 valence electrons. The van der Waals surface area contributed by atoms with Crippen molar-refractivity contribution in [1.82, 2.24) is 0 Å². The van der Waals surface area contributed by atoms with Crippen LogP contribution in [0.5, 0.6) is 0 Å². The number of hydrogen-bond acceptors (Lipinski definition) is 1. The Hall–Kier alpha value is -1.21. The molecule has 1 atom stereocenters. The zero-order chi connectivity index (χ0) is 12.4. The van der Waals surface area contributed by atoms with E-state index < -0.39 is 0 Å². The molecule has 1 unspecified atom stereocenters. The summed E-state index contributed by atoms with van der Waals surface area (Å²) in [6, 6.07) is 17.8. The smallest absolute Gasteiger partial charge is 0.0347 e. The van der Waals surface area contributed by atoms with Crippen molar-refractivity contribution in [2.45, 2.75) is 36.3 Å². The van der Waals surface area contributed by atoms with Crippen LogP contribution in [0.2, 0.25) is 0 Å². The van der Waals surface area contributed by atoms with E-state index >= 15 is 0 Å². The molecule has 0 nitrogen and oxygen atoms in total. The SMILES string of the molecule is Cc1ccc(SC2CCCc3ccccc32)cc1. The molecule has 0 radical (unpaired) electrons. The van der Waals surface area contributed by atoms with Crippen LogP contribution in [0.15, 0.2) is 53.4 Å². The Kier molecular flexibility index (Phi) is 3.42. The Balaban J connectivity index is 1.84. The highest BCUT2D eigenvalue weighted by atomic mass is 32.2. The van der Waals surface area contributed by atoms with Crippen molar-refractivity contribution < 1.29 is 0 Å². The Labute approximate surface area is 113 Å². The first-order valence-corrected chi connectivity index (χ1v) is 7.52. The minimum atomic E-state index is 0.637. The van der Waals surface area contributed by atoms with Crippen LogP contribution in [0.4, 0.5) is 0 Å². The first-order chi connectivity index (χ1) is 8.83. The third-order valence-corrected chi connectivity index (χ3v) is 4.93. The van der Waals surface area contributed by atoms with E-state index in [0.29, 0.717) is 5.25 Å². The van der Waals surface area contributed by atoms with Crippen LogP contribution in [0.25, 0.3) is 0 Å². The molecule has 0 saturated carbocycles. The van der Waals surface area contributed by atoms with Gasteiger partial charge in [0.2, 0.25) is 0 Å². The molecular weight excluding hydrogens is 236 g/mol. The van der Waals surface area contributed by atoms with Gasteiger partial charge in [-0.1, -0.05) is 42.0 Å². The minimum absolute atomic E-state index is 0.637. The summed E-state index contributed by atoms with van der Waals surface area (Å²) in [6.45, 7) is 2.14. The van der Waals surface area contributed by atoms with E-state index in [2.05, 4.69) is 55.5 Å². The number of aryl methyl sites for hydroxylation is 2. The molecular formula is C17H18S. The van der Waals surface area contributed by atoms with E-state index in [1.54, 1.807) is 11.1 Å². The largest absolute Gasteiger partial charge is 0.118 e. The van der Waals surface area contributed by atoms with Crippen LogP contribution in [0.3, 0.4) is 0 Å². The lowest BCUT2D eigenvalue weighted by atomic mass is 9.91. The molecule has 1 aliphatic carbocycles. The highest BCUT2D eigenvalue weighted by Crippen LogP contribution is 2.43. The summed E-state index contributed by atoms with van der Waals surface area (Å²) in [5.41, 5.74) is 4.44. The molecule has 0 heterocycles. The first kappa shape index (κ1) is 11.9. The number of rotatable bonds is 2. The van der Waals surface area contributed by atoms with Crippen LogP contribution >= 0.6 is 11.8 Å². The van der Waals surface area contributed by atoms with E-state index in [0.717, 1.165) is 0 Å². The summed E-state index contributed by atoms with van der Waals surface area (Å²) in [5, 5.41) is 0.637. The van der Waals surface area contributed by atoms with Crippen LogP contribution in [-0.4, -0.2) is 0 Å². The van der Waals surface area contributed by atoms with Gasteiger partial charge in [0, 0.05) is 10.1 Å². The van der Waals surface area contributed by atoms with Gasteiger partial charge in [-0.05, 0) is 49.4 Å². The summed E-state index contributed by atoms with van der Waals surface area (Å²) >= 11 is 2.02. The second kappa shape index (κ2) is 5.19. The van der Waals surface area contributed by atoms with Crippen LogP contribution < -0.4 is 0 Å². The maximum Gasteiger partial charge on any atom is 0.0347 e. The second-order valence-corrected chi connectivity index (χ2v) is 6.29. The van der Waals surface area contributed by atoms with Gasteiger partial charge in [0.1, 0.15) is 0 Å². The molecule has 2 aromatic carbocycles. The number of benzene rings is 2. The van der Waals surface area contributed by atoms with Gasteiger partial charge in [-0.25, -0.2) is 0 Å². The summed E-state index contributed by atoms with van der Waals surface area (Å²) in [5.74, 6) is 0. The third kappa shape index (κ3) is 2.46. The molecule has 1 heteroatoms. The lowest BCUT2D eigenvalue weighted by molar-refractivity contribution is 0.673. The summed E-state index contributed by atoms with van der Waals surface area (Å²) < 4.78 is 0. The Morgan fingerprint density at radius 3 is 2.61 bits per heavy atom. The normalized spacial score (nSPS) is 18.4. The first-order valence-electron chi connectivity index (χ1n) is 6.64. The molecule has 3 rings (SSSR count). The predicted molar refractivity (Wildman–Crippen MR) is 79.2 cm³/mol. The monoisotopic (exact) mass is 254 g/mol. The van der Waals surface area contributed by atoms with Gasteiger partial charge in [-0.15, -0.1) is 11.8 Å². The molecule has 0 aromatic heterocycles. The molecule has 0 aliphatic heterocycles. The van der Waals surface area contributed by atoms with E-state index in [-0.39, 0.29) is 0 Å². The lowest BCUT2D eigenvalue weighted by Gasteiger charge is -2.25. The van der Waals surface area contributed by atoms with Crippen LogP contribution in [0, 0.1) is 6.92 Å². The fraction of sp³-hybridized carbons (Fsp3) is 0.294. The molecule has 1 aliphatic rings. The zero-order valence-corrected chi connectivity index (χ0v) is 11.5. The molecule has 0 bridgehead atoms. The fourth-order valence-corrected chi connectivity index (χ4v) is 3.88. The van der Waals surface area contributed by atoms with Gasteiger partial charge >= 0.3 is 0 Å². The van der Waals surface area contributed by atoms with Gasteiger partial charge in [-0.3, -0.25) is 0 Å². The van der Waals surface area contributed by atoms with Crippen molar-refractivity contribution in [1.29, 1.82) is 0 Å². The molecule has 18 heavy (non-hydrogen) atoms. The third-order valence-electron chi connectivity index (χ3n) is 3.61. The number of thioether (sulfide) groups is 1. The van der Waals surface area contributed by atoms with Gasteiger partial charge < -0.3 is 0 Å². The maximum atomic E-state index is 2.31. The molecule has 0 spiro atoms. The standard InChI is InChI=1S/C17H18S/c1-13-9-11-15(12-10-13)18-17-8-4-6-14-5-2-3-7-16(14)17/h2-3,5,7,9-12,17H,4,6,8H2,1H3. The predicted octanol–water partition coefficient (Wildman–Crippen LogP) is 5.16. The van der Waals surface area contributed by atoms with Crippen LogP contribution in [0.1, 0.15) is 34.8 Å². The van der Waals surface area contributed by atoms with Crippen molar-refractivity contribution in [3.63, 3.8) is 0 Å². The maximum absolute atomic E-state index is 2.31. The lowest BCUT2D eigenvalue weighted by Crippen LogP contribution is -2.06. The van der Waals surface area contributed by atoms with E-state index in [1.165, 1.54) is 29.7 Å². The topological polar surface area (TPSA) is 0 Å². The van der Waals surface area contributed by atoms with Crippen molar-refractivity contribution in [3.8, 4) is 0 Å². The van der Waals surface area contributed by atoms with E-state index in [4.69, 9.17) is 0 Å². The molecule has 0 fully saturated rings. The van der Waals surface area contributed by atoms with Gasteiger partial charge in [0.25, 0.3) is 0 Å². The zero-order valence-electron chi connectivity index (χ0n) is 10.7. The van der Waals surface area contributed by atoms with E-state index in [9.17, 15) is 0 Å². The summed E-state index contributed by atoms with van der Waals surface area (Å²) in [4.78, 5) is 1.39. The van der Waals surface area contributed by atoms with Gasteiger partial charge in [-0.2, -0.15) is 0 Å². The van der Waals surface area contributed by atoms with Crippen molar-refractivity contribution in [2.24, 2.45) is 0 Å². The average Bonchev–Trinajstić information content (AvgIpc) is 2.42. The van der Waals surface area contributed by atoms with Crippen molar-refractivity contribution in [2.75, 3.05) is 0 Å². The molecule has 2 aromatic rings. The highest BCUT2D eigenvalue weighted by Gasteiger charge is 2.20. The fourth-order valence-electron chi connectivity index (χ4n) is 2.61. The molecule has 0 saturated heterocycles. The Morgan fingerprint density at radius 1 is 1.00 bits per heavy atom. The highest BCUT2D eigenvalue weighted by molar-refractivity contribution is 7.99. The Bertz CT molecular complexity index is 528. The van der Waals surface area contributed by atoms with Gasteiger partial charge in [0.05, 0.1) is 0 Å². The van der Waals surface area contributed by atoms with E-state index in [1.807, 2.05) is 11.8 Å². The quantitative estimate of drug-likeness (QED) is 0.713. The average molecular weight is 254 g/mol. The van der Waals surface area contributed by atoms with Crippen molar-refractivity contribution >= 4 is 11.8 Å². The van der Waals surface area contributed by atoms with Gasteiger partial charge in [0.15, 0.2) is 0 Å². The minimum Gasteiger partial charge on any atom is -0.118 e. The second-order valence-electron chi connectivity index (χ2n) is 5.01. The van der Waals surface area contributed by atoms with Crippen molar-refractivity contribution in [3.05, 3.63) is 65.2 Å². The molecule has 0 N–H and O–H groups in total. The number of hydrogen-bond donors (Lipinski definition) is 0.